The number of aromatic nitrogens is 2. The zero-order valence-corrected chi connectivity index (χ0v) is 26.4. The highest BCUT2D eigenvalue weighted by Gasteiger charge is 2.35. The summed E-state index contributed by atoms with van der Waals surface area (Å²) in [4.78, 5) is 9.21. The fourth-order valence-corrected chi connectivity index (χ4v) is 7.69. The first-order chi connectivity index (χ1) is 23.1. The first kappa shape index (κ1) is 27.5. The van der Waals surface area contributed by atoms with E-state index in [1.165, 1.54) is 66.1 Å². The molecule has 2 heterocycles. The van der Waals surface area contributed by atoms with Gasteiger partial charge in [0.1, 0.15) is 0 Å². The monoisotopic (exact) mass is 600 g/mol. The topological polar surface area (TPSA) is 25.8 Å². The van der Waals surface area contributed by atoms with Gasteiger partial charge in [0.25, 0.3) is 0 Å². The van der Waals surface area contributed by atoms with Crippen LogP contribution in [0, 0.1) is 0 Å². The molecular weight excluding hydrogens is 569 g/mol. The average Bonchev–Trinajstić information content (AvgIpc) is 3.36. The largest absolute Gasteiger partial charge is 0.264 e. The van der Waals surface area contributed by atoms with Crippen molar-refractivity contribution >= 4 is 21.5 Å². The van der Waals surface area contributed by atoms with Crippen molar-refractivity contribution in [1.82, 2.24) is 9.97 Å². The summed E-state index contributed by atoms with van der Waals surface area (Å²) in [6, 6.07) is 50.8. The Morgan fingerprint density at radius 2 is 1.06 bits per heavy atom. The first-order valence-corrected chi connectivity index (χ1v) is 16.2. The van der Waals surface area contributed by atoms with Gasteiger partial charge in [0.2, 0.25) is 0 Å². The van der Waals surface area contributed by atoms with E-state index in [9.17, 15) is 0 Å². The van der Waals surface area contributed by atoms with Crippen LogP contribution in [-0.4, -0.2) is 9.97 Å². The van der Waals surface area contributed by atoms with Gasteiger partial charge < -0.3 is 0 Å². The molecule has 0 atom stereocenters. The molecule has 0 aliphatic heterocycles. The second kappa shape index (κ2) is 10.6. The summed E-state index contributed by atoms with van der Waals surface area (Å²) in [5.41, 5.74) is 14.5. The van der Waals surface area contributed by atoms with Gasteiger partial charge in [-0.05, 0) is 90.3 Å². The van der Waals surface area contributed by atoms with Gasteiger partial charge in [0, 0.05) is 40.7 Å². The molecule has 1 aliphatic rings. The third kappa shape index (κ3) is 4.33. The van der Waals surface area contributed by atoms with Crippen molar-refractivity contribution in [1.29, 1.82) is 0 Å². The van der Waals surface area contributed by atoms with Crippen LogP contribution in [0.15, 0.2) is 158 Å². The van der Waals surface area contributed by atoms with E-state index >= 15 is 0 Å². The predicted molar refractivity (Wildman–Crippen MR) is 196 cm³/mol. The summed E-state index contributed by atoms with van der Waals surface area (Å²) in [6.07, 6.45) is 5.63. The quantitative estimate of drug-likeness (QED) is 0.188. The second-order valence-electron chi connectivity index (χ2n) is 13.0. The molecule has 0 unspecified atom stereocenters. The maximum atomic E-state index is 4.92. The summed E-state index contributed by atoms with van der Waals surface area (Å²) in [5.74, 6) is 0. The third-order valence-corrected chi connectivity index (χ3v) is 10.0. The molecule has 6 aromatic carbocycles. The molecule has 0 fully saturated rings. The van der Waals surface area contributed by atoms with Crippen LogP contribution in [0.5, 0.6) is 0 Å². The van der Waals surface area contributed by atoms with Crippen LogP contribution >= 0.6 is 0 Å². The normalized spacial score (nSPS) is 13.1. The maximum absolute atomic E-state index is 4.92. The molecule has 0 radical (unpaired) electrons. The first-order valence-electron chi connectivity index (χ1n) is 16.2. The predicted octanol–water partition coefficient (Wildman–Crippen LogP) is 11.8. The van der Waals surface area contributed by atoms with Gasteiger partial charge in [-0.3, -0.25) is 9.97 Å². The van der Waals surface area contributed by atoms with E-state index in [-0.39, 0.29) is 5.41 Å². The van der Waals surface area contributed by atoms with Crippen molar-refractivity contribution < 1.29 is 0 Å². The van der Waals surface area contributed by atoms with E-state index < -0.39 is 0 Å². The molecule has 8 aromatic rings. The van der Waals surface area contributed by atoms with E-state index in [0.717, 1.165) is 22.4 Å². The lowest BCUT2D eigenvalue weighted by molar-refractivity contribution is 0.660. The van der Waals surface area contributed by atoms with Gasteiger partial charge in [-0.1, -0.05) is 129 Å². The Hall–Kier alpha value is -5.86. The maximum Gasteiger partial charge on any atom is 0.0702 e. The van der Waals surface area contributed by atoms with E-state index in [1.807, 2.05) is 18.5 Å². The molecule has 0 N–H and O–H groups in total. The average molecular weight is 601 g/mol. The van der Waals surface area contributed by atoms with Gasteiger partial charge >= 0.3 is 0 Å². The lowest BCUT2D eigenvalue weighted by Gasteiger charge is -2.23. The van der Waals surface area contributed by atoms with Crippen molar-refractivity contribution in [3.8, 4) is 55.8 Å². The third-order valence-electron chi connectivity index (χ3n) is 10.0. The minimum Gasteiger partial charge on any atom is -0.264 e. The molecule has 0 bridgehead atoms. The minimum absolute atomic E-state index is 0.0711. The van der Waals surface area contributed by atoms with Gasteiger partial charge in [-0.2, -0.15) is 0 Å². The lowest BCUT2D eigenvalue weighted by Crippen LogP contribution is -2.14. The van der Waals surface area contributed by atoms with Gasteiger partial charge in [0.05, 0.1) is 5.69 Å². The van der Waals surface area contributed by atoms with Crippen LogP contribution in [0.3, 0.4) is 0 Å². The SMILES string of the molecule is CC1(C)c2ccccc2-c2ccc(-c3c4ccccc4c(-c4ccccc4)c4cc(-c5ccc(-c6cccnc6)cn5)ccc34)cc21. The molecule has 0 amide bonds. The zero-order valence-electron chi connectivity index (χ0n) is 26.4. The Morgan fingerprint density at radius 1 is 0.426 bits per heavy atom. The highest BCUT2D eigenvalue weighted by molar-refractivity contribution is 6.22. The Balaban J connectivity index is 1.29. The van der Waals surface area contributed by atoms with E-state index in [2.05, 4.69) is 152 Å². The Bertz CT molecular complexity index is 2460. The molecule has 2 aromatic heterocycles. The Kier molecular flexibility index (Phi) is 6.20. The fraction of sp³-hybridized carbons (Fsp3) is 0.0667. The van der Waals surface area contributed by atoms with Crippen molar-refractivity contribution in [2.45, 2.75) is 19.3 Å². The molecule has 0 saturated heterocycles. The number of hydrogen-bond donors (Lipinski definition) is 0. The smallest absolute Gasteiger partial charge is 0.0702 e. The van der Waals surface area contributed by atoms with Crippen molar-refractivity contribution in [2.75, 3.05) is 0 Å². The van der Waals surface area contributed by atoms with Crippen molar-refractivity contribution in [2.24, 2.45) is 0 Å². The van der Waals surface area contributed by atoms with Crippen molar-refractivity contribution in [3.63, 3.8) is 0 Å². The summed E-state index contributed by atoms with van der Waals surface area (Å²) in [7, 11) is 0. The highest BCUT2D eigenvalue weighted by Crippen LogP contribution is 2.51. The van der Waals surface area contributed by atoms with E-state index in [4.69, 9.17) is 4.98 Å². The van der Waals surface area contributed by atoms with Crippen LogP contribution in [0.2, 0.25) is 0 Å². The molecule has 2 heteroatoms. The Morgan fingerprint density at radius 3 is 1.83 bits per heavy atom. The number of pyridine rings is 2. The molecular formula is C45H32N2. The van der Waals surface area contributed by atoms with Crippen LogP contribution in [-0.2, 0) is 5.41 Å². The molecule has 1 aliphatic carbocycles. The zero-order chi connectivity index (χ0) is 31.5. The Labute approximate surface area is 275 Å². The molecule has 9 rings (SSSR count). The van der Waals surface area contributed by atoms with Gasteiger partial charge in [-0.25, -0.2) is 0 Å². The number of nitrogens with zero attached hydrogens (tertiary/aromatic N) is 2. The second-order valence-corrected chi connectivity index (χ2v) is 13.0. The van der Waals surface area contributed by atoms with Gasteiger partial charge in [0.15, 0.2) is 0 Å². The molecule has 47 heavy (non-hydrogen) atoms. The van der Waals surface area contributed by atoms with Crippen LogP contribution in [0.1, 0.15) is 25.0 Å². The number of benzene rings is 6. The highest BCUT2D eigenvalue weighted by atomic mass is 14.7. The van der Waals surface area contributed by atoms with E-state index in [1.54, 1.807) is 6.20 Å². The molecule has 222 valence electrons. The van der Waals surface area contributed by atoms with E-state index in [0.29, 0.717) is 0 Å². The summed E-state index contributed by atoms with van der Waals surface area (Å²) >= 11 is 0. The number of rotatable bonds is 4. The van der Waals surface area contributed by atoms with Crippen LogP contribution < -0.4 is 0 Å². The standard InChI is InChI=1S/C45H32N2/c1-45(2)40-17-9-8-14-34(40)35-21-19-31(26-41(35)45)44-37-16-7-6-15-36(37)43(29-11-4-3-5-12-29)39-25-30(18-22-38(39)44)42-23-20-33(28-47-42)32-13-10-24-46-27-32/h3-28H,1-2H3. The minimum atomic E-state index is -0.0711. The van der Waals surface area contributed by atoms with Crippen molar-refractivity contribution in [3.05, 3.63) is 169 Å². The number of fused-ring (bicyclic) bond motifs is 5. The number of hydrogen-bond acceptors (Lipinski definition) is 2. The van der Waals surface area contributed by atoms with Crippen LogP contribution in [0.4, 0.5) is 0 Å². The van der Waals surface area contributed by atoms with Crippen LogP contribution in [0.25, 0.3) is 77.3 Å². The van der Waals surface area contributed by atoms with Gasteiger partial charge in [-0.15, -0.1) is 0 Å². The molecule has 0 saturated carbocycles. The summed E-state index contributed by atoms with van der Waals surface area (Å²) in [6.45, 7) is 4.71. The lowest BCUT2D eigenvalue weighted by atomic mass is 9.80. The molecule has 2 nitrogen and oxygen atoms in total. The summed E-state index contributed by atoms with van der Waals surface area (Å²) in [5, 5.41) is 4.98. The summed E-state index contributed by atoms with van der Waals surface area (Å²) < 4.78 is 0. The molecule has 0 spiro atoms. The fourth-order valence-electron chi connectivity index (χ4n) is 7.69.